The summed E-state index contributed by atoms with van der Waals surface area (Å²) in [7, 11) is 1.91. The molecule has 2 aromatic rings. The second-order valence-corrected chi connectivity index (χ2v) is 7.28. The third-order valence-corrected chi connectivity index (χ3v) is 5.46. The van der Waals surface area contributed by atoms with Crippen LogP contribution in [0.2, 0.25) is 0 Å². The maximum Gasteiger partial charge on any atom is 0.276 e. The summed E-state index contributed by atoms with van der Waals surface area (Å²) >= 11 is 0. The predicted octanol–water partition coefficient (Wildman–Crippen LogP) is 2.66. The summed E-state index contributed by atoms with van der Waals surface area (Å²) in [4.78, 5) is 12.9. The zero-order valence-electron chi connectivity index (χ0n) is 15.3. The highest BCUT2D eigenvalue weighted by Gasteiger charge is 2.27. The fourth-order valence-electron chi connectivity index (χ4n) is 3.81. The molecule has 0 radical (unpaired) electrons. The van der Waals surface area contributed by atoms with Crippen LogP contribution in [-0.4, -0.2) is 26.6 Å². The maximum atomic E-state index is 12.9. The van der Waals surface area contributed by atoms with Crippen LogP contribution in [0.5, 0.6) is 0 Å². The second kappa shape index (κ2) is 7.58. The first-order chi connectivity index (χ1) is 12.0. The summed E-state index contributed by atoms with van der Waals surface area (Å²) in [6, 6.07) is 9.69. The van der Waals surface area contributed by atoms with E-state index in [4.69, 9.17) is 0 Å². The molecule has 1 heterocycles. The van der Waals surface area contributed by atoms with E-state index in [1.807, 2.05) is 49.0 Å². The fourth-order valence-corrected chi connectivity index (χ4v) is 3.81. The van der Waals surface area contributed by atoms with Crippen molar-refractivity contribution in [2.75, 3.05) is 6.54 Å². The highest BCUT2D eigenvalue weighted by atomic mass is 16.3. The van der Waals surface area contributed by atoms with Crippen LogP contribution in [0.15, 0.2) is 35.1 Å². The molecule has 3 rings (SSSR count). The number of aromatic nitrogens is 2. The first-order valence-corrected chi connectivity index (χ1v) is 9.28. The molecular weight excluding hydrogens is 314 g/mol. The lowest BCUT2D eigenvalue weighted by Gasteiger charge is -2.26. The van der Waals surface area contributed by atoms with Crippen molar-refractivity contribution in [2.24, 2.45) is 7.05 Å². The van der Waals surface area contributed by atoms with Crippen molar-refractivity contribution in [2.45, 2.75) is 57.6 Å². The monoisotopic (exact) mass is 343 g/mol. The van der Waals surface area contributed by atoms with Gasteiger partial charge in [-0.05, 0) is 31.9 Å². The van der Waals surface area contributed by atoms with Crippen molar-refractivity contribution in [3.63, 3.8) is 0 Å². The Morgan fingerprint density at radius 2 is 1.76 bits per heavy atom. The molecule has 1 aliphatic rings. The molecule has 0 atom stereocenters. The highest BCUT2D eigenvalue weighted by Crippen LogP contribution is 2.26. The van der Waals surface area contributed by atoms with Crippen molar-refractivity contribution >= 4 is 0 Å². The third-order valence-electron chi connectivity index (χ3n) is 5.46. The molecular formula is C20H29N3O2. The normalized spacial score (nSPS) is 17.4. The largest absolute Gasteiger partial charge is 0.389 e. The number of aliphatic hydroxyl groups is 1. The molecule has 0 amide bonds. The highest BCUT2D eigenvalue weighted by molar-refractivity contribution is 5.33. The van der Waals surface area contributed by atoms with Gasteiger partial charge in [-0.3, -0.25) is 9.48 Å². The SMILES string of the molecule is Cc1c(CNCC2(O)CCCCCC2)c(=O)n(-c2ccccc2)n1C. The summed E-state index contributed by atoms with van der Waals surface area (Å²) in [6.07, 6.45) is 6.29. The van der Waals surface area contributed by atoms with Crippen LogP contribution >= 0.6 is 0 Å². The van der Waals surface area contributed by atoms with Gasteiger partial charge in [-0.15, -0.1) is 0 Å². The third kappa shape index (κ3) is 3.88. The van der Waals surface area contributed by atoms with Crippen LogP contribution < -0.4 is 10.9 Å². The molecule has 1 aliphatic carbocycles. The first-order valence-electron chi connectivity index (χ1n) is 9.28. The van der Waals surface area contributed by atoms with E-state index in [1.54, 1.807) is 4.68 Å². The quantitative estimate of drug-likeness (QED) is 0.821. The van der Waals surface area contributed by atoms with E-state index in [1.165, 1.54) is 12.8 Å². The predicted molar refractivity (Wildman–Crippen MR) is 100 cm³/mol. The second-order valence-electron chi connectivity index (χ2n) is 7.28. The zero-order chi connectivity index (χ0) is 17.9. The van der Waals surface area contributed by atoms with Gasteiger partial charge < -0.3 is 10.4 Å². The van der Waals surface area contributed by atoms with Crippen LogP contribution in [0.25, 0.3) is 5.69 Å². The number of nitrogens with one attached hydrogen (secondary N) is 1. The maximum absolute atomic E-state index is 12.9. The summed E-state index contributed by atoms with van der Waals surface area (Å²) in [5.74, 6) is 0. The van der Waals surface area contributed by atoms with Crippen LogP contribution in [-0.2, 0) is 13.6 Å². The van der Waals surface area contributed by atoms with Gasteiger partial charge in [-0.2, -0.15) is 0 Å². The fraction of sp³-hybridized carbons (Fsp3) is 0.550. The average Bonchev–Trinajstić information content (AvgIpc) is 2.75. The van der Waals surface area contributed by atoms with E-state index in [0.717, 1.165) is 42.6 Å². The average molecular weight is 343 g/mol. The van der Waals surface area contributed by atoms with E-state index in [2.05, 4.69) is 5.32 Å². The van der Waals surface area contributed by atoms with Gasteiger partial charge in [0.2, 0.25) is 0 Å². The van der Waals surface area contributed by atoms with Gasteiger partial charge >= 0.3 is 0 Å². The van der Waals surface area contributed by atoms with Crippen molar-refractivity contribution in [3.8, 4) is 5.69 Å². The summed E-state index contributed by atoms with van der Waals surface area (Å²) in [5.41, 5.74) is 1.97. The zero-order valence-corrected chi connectivity index (χ0v) is 15.3. The number of hydrogen-bond acceptors (Lipinski definition) is 3. The Morgan fingerprint density at radius 1 is 1.12 bits per heavy atom. The van der Waals surface area contributed by atoms with Crippen molar-refractivity contribution in [1.29, 1.82) is 0 Å². The molecule has 5 heteroatoms. The molecule has 0 aliphatic heterocycles. The van der Waals surface area contributed by atoms with E-state index in [-0.39, 0.29) is 5.56 Å². The van der Waals surface area contributed by atoms with Gasteiger partial charge in [0, 0.05) is 25.8 Å². The van der Waals surface area contributed by atoms with Gasteiger partial charge in [-0.1, -0.05) is 43.9 Å². The number of benzene rings is 1. The summed E-state index contributed by atoms with van der Waals surface area (Å²) in [5, 5.41) is 14.1. The van der Waals surface area contributed by atoms with E-state index >= 15 is 0 Å². The standard InChI is InChI=1S/C20H29N3O2/c1-16-18(14-21-15-20(25)12-8-3-4-9-13-20)19(24)23(22(16)2)17-10-6-5-7-11-17/h5-7,10-11,21,25H,3-4,8-9,12-15H2,1-2H3. The Balaban J connectivity index is 1.74. The lowest BCUT2D eigenvalue weighted by atomic mass is 9.94. The van der Waals surface area contributed by atoms with Crippen LogP contribution in [0.4, 0.5) is 0 Å². The molecule has 25 heavy (non-hydrogen) atoms. The number of rotatable bonds is 5. The number of para-hydroxylation sites is 1. The number of hydrogen-bond donors (Lipinski definition) is 2. The molecule has 1 fully saturated rings. The van der Waals surface area contributed by atoms with Crippen molar-refractivity contribution in [3.05, 3.63) is 51.9 Å². The Labute approximate surface area is 149 Å². The molecule has 0 unspecified atom stereocenters. The Morgan fingerprint density at radius 3 is 2.40 bits per heavy atom. The van der Waals surface area contributed by atoms with Gasteiger partial charge in [0.05, 0.1) is 16.9 Å². The van der Waals surface area contributed by atoms with E-state index in [0.29, 0.717) is 13.1 Å². The van der Waals surface area contributed by atoms with Crippen LogP contribution in [0.3, 0.4) is 0 Å². The van der Waals surface area contributed by atoms with Crippen LogP contribution in [0, 0.1) is 6.92 Å². The van der Waals surface area contributed by atoms with E-state index < -0.39 is 5.60 Å². The molecule has 2 N–H and O–H groups in total. The molecule has 1 aromatic heterocycles. The lowest BCUT2D eigenvalue weighted by molar-refractivity contribution is 0.0250. The Kier molecular flexibility index (Phi) is 5.45. The topological polar surface area (TPSA) is 59.2 Å². The Bertz CT molecular complexity index is 753. The van der Waals surface area contributed by atoms with Crippen LogP contribution in [0.1, 0.15) is 49.8 Å². The first kappa shape index (κ1) is 18.0. The molecule has 1 aromatic carbocycles. The van der Waals surface area contributed by atoms with Gasteiger partial charge in [0.25, 0.3) is 5.56 Å². The summed E-state index contributed by atoms with van der Waals surface area (Å²) in [6.45, 7) is 3.00. The Hall–Kier alpha value is -1.85. The minimum Gasteiger partial charge on any atom is -0.389 e. The summed E-state index contributed by atoms with van der Waals surface area (Å²) < 4.78 is 3.60. The van der Waals surface area contributed by atoms with Crippen molar-refractivity contribution < 1.29 is 5.11 Å². The molecule has 0 spiro atoms. The number of nitrogens with zero attached hydrogens (tertiary/aromatic N) is 2. The smallest absolute Gasteiger partial charge is 0.276 e. The minimum absolute atomic E-state index is 0.00607. The van der Waals surface area contributed by atoms with Gasteiger partial charge in [0.1, 0.15) is 0 Å². The molecule has 5 nitrogen and oxygen atoms in total. The van der Waals surface area contributed by atoms with Crippen molar-refractivity contribution in [1.82, 2.24) is 14.7 Å². The van der Waals surface area contributed by atoms with Gasteiger partial charge in [-0.25, -0.2) is 4.68 Å². The minimum atomic E-state index is -0.627. The molecule has 136 valence electrons. The molecule has 0 saturated heterocycles. The molecule has 1 saturated carbocycles. The van der Waals surface area contributed by atoms with Gasteiger partial charge in [0.15, 0.2) is 0 Å². The lowest BCUT2D eigenvalue weighted by Crippen LogP contribution is -2.40. The van der Waals surface area contributed by atoms with E-state index in [9.17, 15) is 9.90 Å². The molecule has 0 bridgehead atoms.